The van der Waals surface area contributed by atoms with Gasteiger partial charge in [-0.25, -0.2) is 4.79 Å². The first-order valence-electron chi connectivity index (χ1n) is 3.59. The third-order valence-electron chi connectivity index (χ3n) is 1.44. The van der Waals surface area contributed by atoms with Crippen LogP contribution in [0.4, 0.5) is 6.01 Å². The Labute approximate surface area is 69.4 Å². The highest BCUT2D eigenvalue weighted by atomic mass is 16.4. The van der Waals surface area contributed by atoms with Crippen LogP contribution in [0, 0.1) is 0 Å². The van der Waals surface area contributed by atoms with Crippen LogP contribution in [-0.4, -0.2) is 23.1 Å². The minimum Gasteiger partial charge on any atom is -0.475 e. The summed E-state index contributed by atoms with van der Waals surface area (Å²) in [5.74, 6) is -1.16. The number of oxazole rings is 1. The monoisotopic (exact) mass is 170 g/mol. The van der Waals surface area contributed by atoms with Gasteiger partial charge in [-0.1, -0.05) is 6.92 Å². The molecule has 0 radical (unpaired) electrons. The molecule has 1 aromatic rings. The van der Waals surface area contributed by atoms with Crippen LogP contribution in [0.3, 0.4) is 0 Å². The van der Waals surface area contributed by atoms with Crippen molar-refractivity contribution in [1.29, 1.82) is 0 Å². The van der Waals surface area contributed by atoms with E-state index < -0.39 is 5.97 Å². The van der Waals surface area contributed by atoms with Gasteiger partial charge in [0, 0.05) is 7.05 Å². The molecule has 0 saturated heterocycles. The van der Waals surface area contributed by atoms with Gasteiger partial charge in [-0.15, -0.1) is 0 Å². The van der Waals surface area contributed by atoms with Crippen molar-refractivity contribution in [3.8, 4) is 0 Å². The topological polar surface area (TPSA) is 75.4 Å². The van der Waals surface area contributed by atoms with E-state index in [0.29, 0.717) is 12.1 Å². The van der Waals surface area contributed by atoms with Crippen LogP contribution in [-0.2, 0) is 6.42 Å². The number of nitrogens with zero attached hydrogens (tertiary/aromatic N) is 1. The van der Waals surface area contributed by atoms with Gasteiger partial charge in [-0.05, 0) is 6.42 Å². The fourth-order valence-electron chi connectivity index (χ4n) is 0.865. The standard InChI is InChI=1S/C7H10N2O3/c1-3-4-5(6(10)11)12-7(8-2)9-4/h3H2,1-2H3,(H,8,9)(H,10,11). The average molecular weight is 170 g/mol. The van der Waals surface area contributed by atoms with Crippen LogP contribution >= 0.6 is 0 Å². The first-order valence-corrected chi connectivity index (χ1v) is 3.59. The molecule has 0 saturated carbocycles. The highest BCUT2D eigenvalue weighted by Gasteiger charge is 2.16. The lowest BCUT2D eigenvalue weighted by molar-refractivity contribution is 0.0662. The largest absolute Gasteiger partial charge is 0.475 e. The Bertz CT molecular complexity index is 293. The van der Waals surface area contributed by atoms with Gasteiger partial charge < -0.3 is 14.8 Å². The lowest BCUT2D eigenvalue weighted by Crippen LogP contribution is -1.98. The molecule has 0 atom stereocenters. The highest BCUT2D eigenvalue weighted by Crippen LogP contribution is 2.14. The zero-order valence-electron chi connectivity index (χ0n) is 6.92. The molecular weight excluding hydrogens is 160 g/mol. The van der Waals surface area contributed by atoms with Crippen LogP contribution < -0.4 is 5.32 Å². The number of carboxylic acid groups (broad SMARTS) is 1. The average Bonchev–Trinajstić information content (AvgIpc) is 2.47. The van der Waals surface area contributed by atoms with Crippen molar-refractivity contribution < 1.29 is 14.3 Å². The van der Waals surface area contributed by atoms with E-state index in [1.165, 1.54) is 0 Å². The predicted molar refractivity (Wildman–Crippen MR) is 42.4 cm³/mol. The molecule has 0 aliphatic heterocycles. The molecule has 0 aromatic carbocycles. The Hall–Kier alpha value is -1.52. The SMILES string of the molecule is CCc1nc(NC)oc1C(=O)O. The minimum absolute atomic E-state index is 0.0816. The molecule has 2 N–H and O–H groups in total. The molecule has 0 amide bonds. The van der Waals surface area contributed by atoms with Gasteiger partial charge in [0.2, 0.25) is 5.76 Å². The maximum atomic E-state index is 10.5. The lowest BCUT2D eigenvalue weighted by Gasteiger charge is -1.88. The van der Waals surface area contributed by atoms with E-state index in [1.807, 2.05) is 6.92 Å². The van der Waals surface area contributed by atoms with Crippen LogP contribution in [0.15, 0.2) is 4.42 Å². The fourth-order valence-corrected chi connectivity index (χ4v) is 0.865. The molecule has 5 nitrogen and oxygen atoms in total. The molecule has 5 heteroatoms. The number of hydrogen-bond donors (Lipinski definition) is 2. The molecule has 1 rings (SSSR count). The summed E-state index contributed by atoms with van der Waals surface area (Å²) in [6.45, 7) is 1.82. The summed E-state index contributed by atoms with van der Waals surface area (Å²) in [7, 11) is 1.62. The molecule has 1 heterocycles. The molecule has 66 valence electrons. The molecule has 0 bridgehead atoms. The van der Waals surface area contributed by atoms with E-state index in [-0.39, 0.29) is 11.8 Å². The number of aromatic nitrogens is 1. The van der Waals surface area contributed by atoms with E-state index in [9.17, 15) is 4.79 Å². The lowest BCUT2D eigenvalue weighted by atomic mass is 10.3. The summed E-state index contributed by atoms with van der Waals surface area (Å²) in [6.07, 6.45) is 0.548. The smallest absolute Gasteiger partial charge is 0.373 e. The Morgan fingerprint density at radius 2 is 2.42 bits per heavy atom. The second-order valence-electron chi connectivity index (χ2n) is 2.20. The summed E-state index contributed by atoms with van der Waals surface area (Å²) < 4.78 is 4.89. The molecule has 0 fully saturated rings. The van der Waals surface area contributed by atoms with E-state index in [1.54, 1.807) is 7.05 Å². The Morgan fingerprint density at radius 3 is 2.75 bits per heavy atom. The number of aromatic carboxylic acids is 1. The Morgan fingerprint density at radius 1 is 1.75 bits per heavy atom. The van der Waals surface area contributed by atoms with Gasteiger partial charge in [-0.3, -0.25) is 0 Å². The zero-order valence-corrected chi connectivity index (χ0v) is 6.92. The van der Waals surface area contributed by atoms with Crippen molar-refractivity contribution in [3.63, 3.8) is 0 Å². The van der Waals surface area contributed by atoms with Gasteiger partial charge in [-0.2, -0.15) is 4.98 Å². The maximum Gasteiger partial charge on any atom is 0.373 e. The van der Waals surface area contributed by atoms with Gasteiger partial charge in [0.05, 0.1) is 5.69 Å². The Kier molecular flexibility index (Phi) is 2.32. The van der Waals surface area contributed by atoms with Crippen LogP contribution in [0.25, 0.3) is 0 Å². The summed E-state index contributed by atoms with van der Waals surface area (Å²) in [5, 5.41) is 11.3. The van der Waals surface area contributed by atoms with Crippen molar-refractivity contribution in [2.75, 3.05) is 12.4 Å². The van der Waals surface area contributed by atoms with Gasteiger partial charge in [0.25, 0.3) is 6.01 Å². The number of rotatable bonds is 3. The Balaban J connectivity index is 3.08. The number of nitrogens with one attached hydrogen (secondary N) is 1. The van der Waals surface area contributed by atoms with Crippen molar-refractivity contribution in [2.24, 2.45) is 0 Å². The molecular formula is C7H10N2O3. The summed E-state index contributed by atoms with van der Waals surface area (Å²) >= 11 is 0. The molecule has 0 aliphatic carbocycles. The number of carbonyl (C=O) groups is 1. The number of anilines is 1. The van der Waals surface area contributed by atoms with Crippen LogP contribution in [0.1, 0.15) is 23.2 Å². The van der Waals surface area contributed by atoms with E-state index >= 15 is 0 Å². The van der Waals surface area contributed by atoms with Gasteiger partial charge >= 0.3 is 5.97 Å². The normalized spacial score (nSPS) is 9.83. The quantitative estimate of drug-likeness (QED) is 0.707. The fraction of sp³-hybridized carbons (Fsp3) is 0.429. The van der Waals surface area contributed by atoms with Crippen molar-refractivity contribution in [2.45, 2.75) is 13.3 Å². The predicted octanol–water partition coefficient (Wildman–Crippen LogP) is 0.977. The van der Waals surface area contributed by atoms with Crippen LogP contribution in [0.5, 0.6) is 0 Å². The van der Waals surface area contributed by atoms with E-state index in [2.05, 4.69) is 10.3 Å². The van der Waals surface area contributed by atoms with Gasteiger partial charge in [0.15, 0.2) is 0 Å². The first kappa shape index (κ1) is 8.58. The second kappa shape index (κ2) is 3.25. The minimum atomic E-state index is -1.08. The summed E-state index contributed by atoms with van der Waals surface area (Å²) in [6, 6.07) is 0.240. The van der Waals surface area contributed by atoms with Crippen LogP contribution in [0.2, 0.25) is 0 Å². The molecule has 12 heavy (non-hydrogen) atoms. The van der Waals surface area contributed by atoms with E-state index in [4.69, 9.17) is 9.52 Å². The first-order chi connectivity index (χ1) is 5.69. The third kappa shape index (κ3) is 1.39. The molecule has 0 aliphatic rings. The third-order valence-corrected chi connectivity index (χ3v) is 1.44. The summed E-state index contributed by atoms with van der Waals surface area (Å²) in [4.78, 5) is 14.5. The highest BCUT2D eigenvalue weighted by molar-refractivity contribution is 5.85. The number of hydrogen-bond acceptors (Lipinski definition) is 4. The van der Waals surface area contributed by atoms with Crippen molar-refractivity contribution in [1.82, 2.24) is 4.98 Å². The molecule has 0 spiro atoms. The second-order valence-corrected chi connectivity index (χ2v) is 2.20. The van der Waals surface area contributed by atoms with Gasteiger partial charge in [0.1, 0.15) is 0 Å². The van der Waals surface area contributed by atoms with Crippen molar-refractivity contribution >= 4 is 12.0 Å². The van der Waals surface area contributed by atoms with Crippen molar-refractivity contribution in [3.05, 3.63) is 11.5 Å². The zero-order chi connectivity index (χ0) is 9.14. The molecule has 0 unspecified atom stereocenters. The number of carboxylic acids is 1. The number of aryl methyl sites for hydroxylation is 1. The maximum absolute atomic E-state index is 10.5. The van der Waals surface area contributed by atoms with E-state index in [0.717, 1.165) is 0 Å². The summed E-state index contributed by atoms with van der Waals surface area (Å²) in [5.41, 5.74) is 0.465. The molecule has 1 aromatic heterocycles.